The van der Waals surface area contributed by atoms with Crippen LogP contribution in [0.5, 0.6) is 0 Å². The van der Waals surface area contributed by atoms with Crippen molar-refractivity contribution < 1.29 is 14.3 Å². The van der Waals surface area contributed by atoms with E-state index >= 15 is 0 Å². The van der Waals surface area contributed by atoms with Crippen molar-refractivity contribution in [3.63, 3.8) is 0 Å². The molecule has 6 nitrogen and oxygen atoms in total. The van der Waals surface area contributed by atoms with E-state index in [0.717, 1.165) is 44.6 Å². The number of likely N-dealkylation sites (tertiary alicyclic amines) is 1. The van der Waals surface area contributed by atoms with Crippen LogP contribution in [0.1, 0.15) is 61.0 Å². The van der Waals surface area contributed by atoms with Gasteiger partial charge in [0, 0.05) is 37.8 Å². The number of carbonyl (C=O) groups excluding carboxylic acids is 2. The molecule has 1 spiro atoms. The molecule has 1 saturated heterocycles. The van der Waals surface area contributed by atoms with Crippen molar-refractivity contribution in [1.29, 1.82) is 0 Å². The Bertz CT molecular complexity index is 706. The quantitative estimate of drug-likeness (QED) is 0.761. The minimum atomic E-state index is -0.566. The molecule has 0 aromatic carbocycles. The first-order valence-electron chi connectivity index (χ1n) is 10.3. The summed E-state index contributed by atoms with van der Waals surface area (Å²) in [6.07, 6.45) is 8.43. The highest BCUT2D eigenvalue weighted by Crippen LogP contribution is 2.47. The van der Waals surface area contributed by atoms with Gasteiger partial charge in [0.2, 0.25) is 5.91 Å². The number of carbonyl (C=O) groups is 2. The van der Waals surface area contributed by atoms with E-state index in [1.165, 1.54) is 19.3 Å². The van der Waals surface area contributed by atoms with Crippen molar-refractivity contribution in [1.82, 2.24) is 14.8 Å². The monoisotopic (exact) mass is 371 g/mol. The third-order valence-corrected chi connectivity index (χ3v) is 6.50. The Kier molecular flexibility index (Phi) is 5.17. The molecule has 0 bridgehead atoms. The fourth-order valence-corrected chi connectivity index (χ4v) is 4.82. The highest BCUT2D eigenvalue weighted by atomic mass is 16.6. The van der Waals surface area contributed by atoms with E-state index in [1.807, 2.05) is 24.1 Å². The van der Waals surface area contributed by atoms with E-state index in [1.54, 1.807) is 6.20 Å². The number of pyridine rings is 1. The van der Waals surface area contributed by atoms with Crippen molar-refractivity contribution in [2.45, 2.75) is 50.5 Å². The standard InChI is InChI=1S/C21H29N3O3/c1-23(14-15-24-12-3-2-4-13-24)19(25)16-7-9-21(10-8-16)17-6-5-11-22-18(17)20(26)27-21/h5-6,11,16H,2-4,7-10,12-15H2,1H3. The number of rotatable bonds is 4. The zero-order valence-electron chi connectivity index (χ0n) is 16.2. The van der Waals surface area contributed by atoms with Crippen LogP contribution in [0.4, 0.5) is 0 Å². The second kappa shape index (κ2) is 7.58. The summed E-state index contributed by atoms with van der Waals surface area (Å²) in [6.45, 7) is 4.08. The predicted molar refractivity (Wildman–Crippen MR) is 101 cm³/mol. The van der Waals surface area contributed by atoms with E-state index < -0.39 is 5.60 Å². The molecule has 3 heterocycles. The van der Waals surface area contributed by atoms with Crippen molar-refractivity contribution in [3.05, 3.63) is 29.6 Å². The molecule has 1 aromatic heterocycles. The number of likely N-dealkylation sites (N-methyl/N-ethyl adjacent to an activating group) is 1. The van der Waals surface area contributed by atoms with Gasteiger partial charge in [-0.05, 0) is 57.7 Å². The predicted octanol–water partition coefficient (Wildman–Crippen LogP) is 2.58. The number of hydrogen-bond acceptors (Lipinski definition) is 5. The lowest BCUT2D eigenvalue weighted by atomic mass is 9.75. The second-order valence-electron chi connectivity index (χ2n) is 8.22. The lowest BCUT2D eigenvalue weighted by Gasteiger charge is -2.37. The zero-order valence-corrected chi connectivity index (χ0v) is 16.2. The number of nitrogens with zero attached hydrogens (tertiary/aromatic N) is 3. The maximum absolute atomic E-state index is 12.9. The largest absolute Gasteiger partial charge is 0.449 e. The van der Waals surface area contributed by atoms with Crippen LogP contribution < -0.4 is 0 Å². The number of hydrogen-bond donors (Lipinski definition) is 0. The fourth-order valence-electron chi connectivity index (χ4n) is 4.82. The molecule has 1 aromatic rings. The molecule has 1 aliphatic carbocycles. The average Bonchev–Trinajstić information content (AvgIpc) is 2.99. The van der Waals surface area contributed by atoms with Crippen LogP contribution in [0.3, 0.4) is 0 Å². The van der Waals surface area contributed by atoms with Gasteiger partial charge in [0.1, 0.15) is 5.60 Å². The van der Waals surface area contributed by atoms with Gasteiger partial charge in [-0.25, -0.2) is 9.78 Å². The Morgan fingerprint density at radius 3 is 2.78 bits per heavy atom. The van der Waals surface area contributed by atoms with E-state index in [0.29, 0.717) is 18.5 Å². The van der Waals surface area contributed by atoms with Crippen LogP contribution in [0, 0.1) is 5.92 Å². The smallest absolute Gasteiger partial charge is 0.358 e. The van der Waals surface area contributed by atoms with Crippen molar-refractivity contribution >= 4 is 11.9 Å². The van der Waals surface area contributed by atoms with Gasteiger partial charge in [0.15, 0.2) is 5.69 Å². The van der Waals surface area contributed by atoms with Gasteiger partial charge in [-0.2, -0.15) is 0 Å². The molecule has 0 unspecified atom stereocenters. The molecule has 4 rings (SSSR count). The molecule has 0 N–H and O–H groups in total. The summed E-state index contributed by atoms with van der Waals surface area (Å²) >= 11 is 0. The van der Waals surface area contributed by atoms with E-state index in [-0.39, 0.29) is 17.8 Å². The molecule has 1 amide bonds. The molecule has 146 valence electrons. The minimum absolute atomic E-state index is 0.0291. The van der Waals surface area contributed by atoms with Gasteiger partial charge < -0.3 is 14.5 Å². The van der Waals surface area contributed by atoms with Gasteiger partial charge in [-0.3, -0.25) is 4.79 Å². The van der Waals surface area contributed by atoms with Gasteiger partial charge in [-0.15, -0.1) is 0 Å². The molecular formula is C21H29N3O3. The normalized spacial score (nSPS) is 28.0. The summed E-state index contributed by atoms with van der Waals surface area (Å²) in [4.78, 5) is 33.6. The fraction of sp³-hybridized carbons (Fsp3) is 0.667. The number of ether oxygens (including phenoxy) is 1. The summed E-state index contributed by atoms with van der Waals surface area (Å²) in [6, 6.07) is 3.80. The number of fused-ring (bicyclic) bond motifs is 2. The summed E-state index contributed by atoms with van der Waals surface area (Å²) in [5.41, 5.74) is 0.782. The SMILES string of the molecule is CN(CCN1CCCCC1)C(=O)C1CCC2(CC1)OC(=O)c1ncccc12. The molecule has 2 fully saturated rings. The van der Waals surface area contributed by atoms with Gasteiger partial charge in [0.05, 0.1) is 0 Å². The minimum Gasteiger partial charge on any atom is -0.449 e. The molecule has 6 heteroatoms. The third kappa shape index (κ3) is 3.59. The van der Waals surface area contributed by atoms with Crippen molar-refractivity contribution in [2.75, 3.05) is 33.2 Å². The summed E-state index contributed by atoms with van der Waals surface area (Å²) in [7, 11) is 1.92. The molecule has 0 radical (unpaired) electrons. The first-order valence-corrected chi connectivity index (χ1v) is 10.3. The summed E-state index contributed by atoms with van der Waals surface area (Å²) in [5, 5.41) is 0. The molecule has 0 atom stereocenters. The third-order valence-electron chi connectivity index (χ3n) is 6.50. The van der Waals surface area contributed by atoms with Crippen LogP contribution in [0.25, 0.3) is 0 Å². The Balaban J connectivity index is 1.32. The molecule has 27 heavy (non-hydrogen) atoms. The van der Waals surface area contributed by atoms with Crippen molar-refractivity contribution in [3.8, 4) is 0 Å². The van der Waals surface area contributed by atoms with Crippen molar-refractivity contribution in [2.24, 2.45) is 5.92 Å². The maximum atomic E-state index is 12.9. The first kappa shape index (κ1) is 18.4. The Hall–Kier alpha value is -1.95. The van der Waals surface area contributed by atoms with E-state index in [2.05, 4.69) is 9.88 Å². The number of piperidine rings is 1. The van der Waals surface area contributed by atoms with Crippen LogP contribution in [0.15, 0.2) is 18.3 Å². The highest BCUT2D eigenvalue weighted by Gasteiger charge is 2.49. The Labute approximate surface area is 160 Å². The first-order chi connectivity index (χ1) is 13.1. The lowest BCUT2D eigenvalue weighted by molar-refractivity contribution is -0.137. The van der Waals surface area contributed by atoms with Crippen LogP contribution in [-0.2, 0) is 15.1 Å². The summed E-state index contributed by atoms with van der Waals surface area (Å²) in [5.74, 6) is -0.0620. The topological polar surface area (TPSA) is 62.7 Å². The van der Waals surface area contributed by atoms with Crippen LogP contribution in [-0.4, -0.2) is 59.9 Å². The number of amides is 1. The molecule has 2 aliphatic heterocycles. The second-order valence-corrected chi connectivity index (χ2v) is 8.22. The van der Waals surface area contributed by atoms with E-state index in [9.17, 15) is 9.59 Å². The average molecular weight is 371 g/mol. The zero-order chi connectivity index (χ0) is 18.9. The van der Waals surface area contributed by atoms with Crippen LogP contribution >= 0.6 is 0 Å². The molecule has 1 saturated carbocycles. The van der Waals surface area contributed by atoms with E-state index in [4.69, 9.17) is 4.74 Å². The molecule has 3 aliphatic rings. The number of aromatic nitrogens is 1. The van der Waals surface area contributed by atoms with Gasteiger partial charge in [-0.1, -0.05) is 12.5 Å². The Morgan fingerprint density at radius 1 is 1.30 bits per heavy atom. The lowest BCUT2D eigenvalue weighted by Crippen LogP contribution is -2.43. The van der Waals surface area contributed by atoms with Gasteiger partial charge >= 0.3 is 5.97 Å². The highest BCUT2D eigenvalue weighted by molar-refractivity contribution is 5.92. The Morgan fingerprint density at radius 2 is 2.04 bits per heavy atom. The van der Waals surface area contributed by atoms with Gasteiger partial charge in [0.25, 0.3) is 0 Å². The number of esters is 1. The van der Waals surface area contributed by atoms with Crippen LogP contribution in [0.2, 0.25) is 0 Å². The molecular weight excluding hydrogens is 342 g/mol. The summed E-state index contributed by atoms with van der Waals surface area (Å²) < 4.78 is 5.74. The maximum Gasteiger partial charge on any atom is 0.358 e.